The van der Waals surface area contributed by atoms with E-state index in [-0.39, 0.29) is 29.7 Å². The highest BCUT2D eigenvalue weighted by molar-refractivity contribution is 7.89. The molecule has 0 aliphatic carbocycles. The number of sulfonamides is 1. The van der Waals surface area contributed by atoms with Crippen LogP contribution in [-0.4, -0.2) is 63.3 Å². The largest absolute Gasteiger partial charge is 0.497 e. The highest BCUT2D eigenvalue weighted by atomic mass is 32.2. The number of primary sulfonamides is 1. The molecule has 2 fully saturated rings. The lowest BCUT2D eigenvalue weighted by molar-refractivity contribution is -0.131. The number of hydrogen-bond donors (Lipinski definition) is 2. The van der Waals surface area contributed by atoms with Crippen LogP contribution in [0.25, 0.3) is 11.1 Å². The van der Waals surface area contributed by atoms with Crippen molar-refractivity contribution in [3.05, 3.63) is 119 Å². The van der Waals surface area contributed by atoms with Crippen LogP contribution in [0.5, 0.6) is 5.75 Å². The smallest absolute Gasteiger partial charge is 0.253 e. The first-order valence-electron chi connectivity index (χ1n) is 18.9. The Morgan fingerprint density at radius 3 is 2.09 bits per heavy atom. The fourth-order valence-electron chi connectivity index (χ4n) is 7.68. The van der Waals surface area contributed by atoms with Gasteiger partial charge in [-0.15, -0.1) is 0 Å². The predicted molar refractivity (Wildman–Crippen MR) is 209 cm³/mol. The van der Waals surface area contributed by atoms with Gasteiger partial charge in [0.2, 0.25) is 15.9 Å². The summed E-state index contributed by atoms with van der Waals surface area (Å²) in [5.41, 5.74) is 5.13. The van der Waals surface area contributed by atoms with Crippen molar-refractivity contribution in [2.75, 3.05) is 33.3 Å². The molecule has 0 saturated carbocycles. The Hall–Kier alpha value is -4.51. The molecule has 4 aromatic carbocycles. The monoisotopic (exact) mass is 736 g/mol. The summed E-state index contributed by atoms with van der Waals surface area (Å²) in [6.45, 7) is 4.54. The third kappa shape index (κ3) is 10.8. The van der Waals surface area contributed by atoms with Gasteiger partial charge in [0.1, 0.15) is 5.75 Å². The third-order valence-electron chi connectivity index (χ3n) is 10.8. The summed E-state index contributed by atoms with van der Waals surface area (Å²) in [4.78, 5) is 31.3. The average Bonchev–Trinajstić information content (AvgIpc) is 3.18. The SMILES string of the molecule is COc1cccc(CC(=O)N(Cc2ccc(S(N)(=O)=O)cc2)Cc2cccc(-c3cccc(C(=O)N4CCC(CCCC5CCNCC5)CC4)c3)c2)c1. The minimum absolute atomic E-state index is 0.0201. The molecular formula is C43H52N4O5S. The van der Waals surface area contributed by atoms with Gasteiger partial charge in [0.25, 0.3) is 5.91 Å². The molecule has 9 nitrogen and oxygen atoms in total. The molecule has 0 spiro atoms. The average molecular weight is 737 g/mol. The predicted octanol–water partition coefficient (Wildman–Crippen LogP) is 6.80. The van der Waals surface area contributed by atoms with E-state index in [1.807, 2.05) is 71.6 Å². The molecule has 6 rings (SSSR count). The third-order valence-corrected chi connectivity index (χ3v) is 11.7. The molecule has 280 valence electrons. The van der Waals surface area contributed by atoms with E-state index in [1.165, 1.54) is 44.2 Å². The van der Waals surface area contributed by atoms with Crippen molar-refractivity contribution in [3.63, 3.8) is 0 Å². The normalized spacial score (nSPS) is 15.6. The van der Waals surface area contributed by atoms with Gasteiger partial charge in [0.15, 0.2) is 0 Å². The van der Waals surface area contributed by atoms with Crippen molar-refractivity contribution in [3.8, 4) is 16.9 Å². The van der Waals surface area contributed by atoms with Crippen LogP contribution in [0.4, 0.5) is 0 Å². The lowest BCUT2D eigenvalue weighted by Gasteiger charge is -2.32. The molecule has 2 amide bonds. The lowest BCUT2D eigenvalue weighted by atomic mass is 9.87. The number of carbonyl (C=O) groups is 2. The van der Waals surface area contributed by atoms with E-state index in [1.54, 1.807) is 24.1 Å². The summed E-state index contributed by atoms with van der Waals surface area (Å²) < 4.78 is 29.0. The van der Waals surface area contributed by atoms with Gasteiger partial charge in [0, 0.05) is 31.7 Å². The molecule has 3 N–H and O–H groups in total. The lowest BCUT2D eigenvalue weighted by Crippen LogP contribution is -2.38. The molecule has 0 radical (unpaired) electrons. The molecule has 0 bridgehead atoms. The molecule has 2 saturated heterocycles. The number of piperidine rings is 2. The topological polar surface area (TPSA) is 122 Å². The van der Waals surface area contributed by atoms with Crippen molar-refractivity contribution in [2.24, 2.45) is 17.0 Å². The second-order valence-corrected chi connectivity index (χ2v) is 16.2. The molecule has 0 unspecified atom stereocenters. The second-order valence-electron chi connectivity index (χ2n) is 14.6. The maximum atomic E-state index is 13.8. The van der Waals surface area contributed by atoms with E-state index in [0.29, 0.717) is 23.8 Å². The van der Waals surface area contributed by atoms with Crippen molar-refractivity contribution in [1.82, 2.24) is 15.1 Å². The molecule has 2 aliphatic heterocycles. The number of carbonyl (C=O) groups excluding carboxylic acids is 2. The van der Waals surface area contributed by atoms with Crippen LogP contribution in [-0.2, 0) is 34.3 Å². The summed E-state index contributed by atoms with van der Waals surface area (Å²) in [7, 11) is -2.24. The highest BCUT2D eigenvalue weighted by Crippen LogP contribution is 2.28. The number of benzene rings is 4. The zero-order valence-electron chi connectivity index (χ0n) is 30.7. The van der Waals surface area contributed by atoms with Crippen molar-refractivity contribution in [1.29, 1.82) is 0 Å². The zero-order valence-corrected chi connectivity index (χ0v) is 31.5. The number of nitrogens with two attached hydrogens (primary N) is 1. The summed E-state index contributed by atoms with van der Waals surface area (Å²) in [5, 5.41) is 8.77. The zero-order chi connectivity index (χ0) is 37.2. The van der Waals surface area contributed by atoms with Crippen LogP contribution in [0.3, 0.4) is 0 Å². The Balaban J connectivity index is 1.12. The van der Waals surface area contributed by atoms with Gasteiger partial charge in [-0.05, 0) is 121 Å². The summed E-state index contributed by atoms with van der Waals surface area (Å²) >= 11 is 0. The first kappa shape index (κ1) is 38.2. The molecular weight excluding hydrogens is 685 g/mol. The molecule has 2 heterocycles. The van der Waals surface area contributed by atoms with Crippen LogP contribution in [0.2, 0.25) is 0 Å². The second kappa shape index (κ2) is 18.0. The van der Waals surface area contributed by atoms with Crippen LogP contribution in [0.1, 0.15) is 72.0 Å². The number of nitrogens with one attached hydrogen (secondary N) is 1. The maximum Gasteiger partial charge on any atom is 0.253 e. The number of methoxy groups -OCH3 is 1. The van der Waals surface area contributed by atoms with Gasteiger partial charge >= 0.3 is 0 Å². The van der Waals surface area contributed by atoms with Crippen LogP contribution < -0.4 is 15.2 Å². The van der Waals surface area contributed by atoms with E-state index >= 15 is 0 Å². The Kier molecular flexibility index (Phi) is 13.0. The van der Waals surface area contributed by atoms with Gasteiger partial charge in [-0.3, -0.25) is 9.59 Å². The van der Waals surface area contributed by atoms with Gasteiger partial charge < -0.3 is 19.9 Å². The van der Waals surface area contributed by atoms with E-state index in [0.717, 1.165) is 72.8 Å². The highest BCUT2D eigenvalue weighted by Gasteiger charge is 2.24. The maximum absolute atomic E-state index is 13.8. The standard InChI is InChI=1S/C43H52N4O5S/c1-52-40-13-4-8-35(27-40)28-42(48)47(30-34-14-16-41(17-15-34)53(44,50)51)31-36-9-3-10-37(26-36)38-11-5-12-39(29-38)43(49)46-24-20-33(21-25-46)7-2-6-32-18-22-45-23-19-32/h3-5,8-17,26-27,29,32-33,45H,2,6-7,18-25,28,30-31H2,1H3,(H2,44,50,51). The molecule has 10 heteroatoms. The number of hydrogen-bond acceptors (Lipinski definition) is 6. The number of likely N-dealkylation sites (tertiary alicyclic amines) is 1. The Bertz CT molecular complexity index is 1950. The number of amides is 2. The summed E-state index contributed by atoms with van der Waals surface area (Å²) in [6, 6.07) is 29.6. The number of nitrogens with zero attached hydrogens (tertiary/aromatic N) is 2. The van der Waals surface area contributed by atoms with E-state index < -0.39 is 10.0 Å². The minimum atomic E-state index is -3.83. The van der Waals surface area contributed by atoms with Gasteiger partial charge in [0.05, 0.1) is 18.4 Å². The van der Waals surface area contributed by atoms with Gasteiger partial charge in [-0.2, -0.15) is 0 Å². The Morgan fingerprint density at radius 2 is 1.40 bits per heavy atom. The number of rotatable bonds is 14. The van der Waals surface area contributed by atoms with Gasteiger partial charge in [-0.1, -0.05) is 73.9 Å². The van der Waals surface area contributed by atoms with Crippen molar-refractivity contribution < 1.29 is 22.7 Å². The minimum Gasteiger partial charge on any atom is -0.497 e. The van der Waals surface area contributed by atoms with E-state index in [4.69, 9.17) is 9.88 Å². The summed E-state index contributed by atoms with van der Waals surface area (Å²) in [5.74, 6) is 2.26. The number of ether oxygens (including phenoxy) is 1. The quantitative estimate of drug-likeness (QED) is 0.147. The van der Waals surface area contributed by atoms with Crippen LogP contribution >= 0.6 is 0 Å². The molecule has 0 aromatic heterocycles. The van der Waals surface area contributed by atoms with Crippen LogP contribution in [0, 0.1) is 11.8 Å². The molecule has 0 atom stereocenters. The summed E-state index contributed by atoms with van der Waals surface area (Å²) in [6.07, 6.45) is 8.84. The molecule has 2 aliphatic rings. The van der Waals surface area contributed by atoms with E-state index in [2.05, 4.69) is 11.4 Å². The Labute approximate surface area is 314 Å². The van der Waals surface area contributed by atoms with Crippen molar-refractivity contribution in [2.45, 2.75) is 69.4 Å². The van der Waals surface area contributed by atoms with Gasteiger partial charge in [-0.25, -0.2) is 13.6 Å². The first-order valence-corrected chi connectivity index (χ1v) is 20.4. The van der Waals surface area contributed by atoms with E-state index in [9.17, 15) is 18.0 Å². The fraction of sp³-hybridized carbons (Fsp3) is 0.395. The van der Waals surface area contributed by atoms with Crippen LogP contribution in [0.15, 0.2) is 102 Å². The molecule has 4 aromatic rings. The van der Waals surface area contributed by atoms with Crippen molar-refractivity contribution >= 4 is 21.8 Å². The Morgan fingerprint density at radius 1 is 0.774 bits per heavy atom. The fourth-order valence-corrected chi connectivity index (χ4v) is 8.20. The molecule has 53 heavy (non-hydrogen) atoms. The first-order chi connectivity index (χ1) is 25.6.